The zero-order valence-corrected chi connectivity index (χ0v) is 14.0. The molecule has 0 aliphatic carbocycles. The summed E-state index contributed by atoms with van der Waals surface area (Å²) in [6.45, 7) is 0. The largest absolute Gasteiger partial charge is 0.215 e. The summed E-state index contributed by atoms with van der Waals surface area (Å²) in [5.41, 5.74) is 0.787. The highest BCUT2D eigenvalue weighted by atomic mass is 127. The van der Waals surface area contributed by atoms with E-state index in [2.05, 4.69) is 25.9 Å². The van der Waals surface area contributed by atoms with E-state index in [-0.39, 0.29) is 0 Å². The van der Waals surface area contributed by atoms with Crippen molar-refractivity contribution < 1.29 is 0 Å². The maximum Gasteiger partial charge on any atom is 0.163 e. The molecule has 0 fully saturated rings. The predicted molar refractivity (Wildman–Crippen MR) is 82.9 cm³/mol. The van der Waals surface area contributed by atoms with Crippen molar-refractivity contribution >= 4 is 73.3 Å². The van der Waals surface area contributed by atoms with E-state index in [1.165, 1.54) is 0 Å². The monoisotopic (exact) mass is 462 g/mol. The Hall–Kier alpha value is 0.380. The minimum Gasteiger partial charge on any atom is -0.215 e. The molecule has 0 aliphatic heterocycles. The van der Waals surface area contributed by atoms with Crippen molar-refractivity contribution in [3.8, 4) is 11.4 Å². The van der Waals surface area contributed by atoms with Crippen molar-refractivity contribution in [3.05, 3.63) is 41.6 Å². The molecule has 0 bridgehead atoms. The van der Waals surface area contributed by atoms with Crippen LogP contribution in [0.1, 0.15) is 0 Å². The maximum atomic E-state index is 5.97. The lowest BCUT2D eigenvalue weighted by Gasteiger charge is -2.06. The molecule has 0 saturated carbocycles. The van der Waals surface area contributed by atoms with E-state index < -0.39 is 0 Å². The second kappa shape index (κ2) is 5.57. The highest BCUT2D eigenvalue weighted by Crippen LogP contribution is 2.31. The molecule has 0 amide bonds. The highest BCUT2D eigenvalue weighted by Gasteiger charge is 2.12. The normalized spacial score (nSPS) is 10.6. The summed E-state index contributed by atoms with van der Waals surface area (Å²) in [7, 11) is 0. The number of aromatic nitrogens is 2. The van der Waals surface area contributed by atoms with Gasteiger partial charge in [0, 0.05) is 15.1 Å². The third-order valence-electron chi connectivity index (χ3n) is 1.94. The predicted octanol–water partition coefficient (Wildman–Crippen LogP) is 5.47. The van der Waals surface area contributed by atoms with E-state index in [0.29, 0.717) is 24.7 Å². The van der Waals surface area contributed by atoms with Gasteiger partial charge >= 0.3 is 0 Å². The van der Waals surface area contributed by atoms with Gasteiger partial charge in [-0.3, -0.25) is 0 Å². The van der Waals surface area contributed by atoms with Crippen LogP contribution in [0.4, 0.5) is 0 Å². The van der Waals surface area contributed by atoms with E-state index >= 15 is 0 Å². The van der Waals surface area contributed by atoms with Crippen molar-refractivity contribution in [1.29, 1.82) is 0 Å². The van der Waals surface area contributed by atoms with Crippen molar-refractivity contribution in [1.82, 2.24) is 9.97 Å². The molecule has 0 atom stereocenters. The number of hydrogen-bond donors (Lipinski definition) is 0. The van der Waals surface area contributed by atoms with Gasteiger partial charge < -0.3 is 0 Å². The third kappa shape index (κ3) is 3.04. The molecule has 2 aromatic rings. The first-order chi connectivity index (χ1) is 7.99. The maximum absolute atomic E-state index is 5.97. The summed E-state index contributed by atoms with van der Waals surface area (Å²) >= 11 is 23.2. The lowest BCUT2D eigenvalue weighted by atomic mass is 10.2. The van der Waals surface area contributed by atoms with Gasteiger partial charge in [-0.2, -0.15) is 0 Å². The van der Waals surface area contributed by atoms with E-state index in [1.807, 2.05) is 22.6 Å². The van der Waals surface area contributed by atoms with Crippen LogP contribution in [0.3, 0.4) is 0 Å². The van der Waals surface area contributed by atoms with Gasteiger partial charge in [-0.1, -0.05) is 34.8 Å². The number of rotatable bonds is 1. The fraction of sp³-hybridized carbons (Fsp3) is 0. The highest BCUT2D eigenvalue weighted by molar-refractivity contribution is 14.1. The molecule has 0 unspecified atom stereocenters. The molecule has 7 heteroatoms. The van der Waals surface area contributed by atoms with Crippen LogP contribution in [0.2, 0.25) is 15.3 Å². The Morgan fingerprint density at radius 1 is 1.06 bits per heavy atom. The summed E-state index contributed by atoms with van der Waals surface area (Å²) in [5.74, 6) is 0.462. The molecule has 0 saturated heterocycles. The van der Waals surface area contributed by atoms with Crippen molar-refractivity contribution in [3.63, 3.8) is 0 Å². The Labute approximate surface area is 135 Å². The van der Waals surface area contributed by atoms with Gasteiger partial charge in [-0.05, 0) is 56.7 Å². The van der Waals surface area contributed by atoms with Crippen LogP contribution in [0.25, 0.3) is 11.4 Å². The summed E-state index contributed by atoms with van der Waals surface area (Å²) in [6.07, 6.45) is 0. The average Bonchev–Trinajstić information content (AvgIpc) is 2.25. The standard InChI is InChI=1S/C10H3BrCl3IN2/c11-6-3-4(12)1-2-5(6)10-16-8(13)7(15)9(14)17-10/h1-3H. The molecule has 17 heavy (non-hydrogen) atoms. The van der Waals surface area contributed by atoms with Gasteiger partial charge in [-0.15, -0.1) is 0 Å². The van der Waals surface area contributed by atoms with Gasteiger partial charge in [0.1, 0.15) is 10.3 Å². The first-order valence-corrected chi connectivity index (χ1v) is 7.33. The molecule has 2 nitrogen and oxygen atoms in total. The first-order valence-electron chi connectivity index (χ1n) is 4.33. The van der Waals surface area contributed by atoms with Crippen LogP contribution < -0.4 is 0 Å². The third-order valence-corrected chi connectivity index (χ3v) is 5.04. The van der Waals surface area contributed by atoms with Crippen molar-refractivity contribution in [2.24, 2.45) is 0 Å². The van der Waals surface area contributed by atoms with Gasteiger partial charge in [0.25, 0.3) is 0 Å². The van der Waals surface area contributed by atoms with Crippen LogP contribution in [-0.4, -0.2) is 9.97 Å². The molecule has 88 valence electrons. The van der Waals surface area contributed by atoms with Crippen LogP contribution in [0, 0.1) is 3.57 Å². The Bertz CT molecular complexity index is 569. The molecular weight excluding hydrogens is 461 g/mol. The van der Waals surface area contributed by atoms with Crippen molar-refractivity contribution in [2.75, 3.05) is 0 Å². The van der Waals surface area contributed by atoms with Gasteiger partial charge in [0.15, 0.2) is 5.82 Å². The van der Waals surface area contributed by atoms with Gasteiger partial charge in [-0.25, -0.2) is 9.97 Å². The quantitative estimate of drug-likeness (QED) is 0.413. The Balaban J connectivity index is 2.61. The Morgan fingerprint density at radius 3 is 2.18 bits per heavy atom. The fourth-order valence-corrected chi connectivity index (χ4v) is 2.67. The minimum atomic E-state index is 0.336. The van der Waals surface area contributed by atoms with Crippen LogP contribution in [-0.2, 0) is 0 Å². The summed E-state index contributed by atoms with van der Waals surface area (Å²) in [6, 6.07) is 5.33. The smallest absolute Gasteiger partial charge is 0.163 e. The molecule has 0 radical (unpaired) electrons. The molecule has 1 aromatic carbocycles. The van der Waals surface area contributed by atoms with E-state index in [0.717, 1.165) is 10.0 Å². The van der Waals surface area contributed by atoms with Crippen LogP contribution in [0.15, 0.2) is 22.7 Å². The first kappa shape index (κ1) is 13.8. The summed E-state index contributed by atoms with van der Waals surface area (Å²) in [5, 5.41) is 1.30. The lowest BCUT2D eigenvalue weighted by Crippen LogP contribution is -1.94. The minimum absolute atomic E-state index is 0.336. The second-order valence-electron chi connectivity index (χ2n) is 3.07. The topological polar surface area (TPSA) is 25.8 Å². The lowest BCUT2D eigenvalue weighted by molar-refractivity contribution is 1.16. The number of benzene rings is 1. The second-order valence-corrected chi connectivity index (χ2v) is 6.15. The van der Waals surface area contributed by atoms with E-state index in [4.69, 9.17) is 34.8 Å². The van der Waals surface area contributed by atoms with Crippen LogP contribution >= 0.6 is 73.3 Å². The Morgan fingerprint density at radius 2 is 1.65 bits per heavy atom. The molecule has 2 rings (SSSR count). The summed E-state index contributed by atoms with van der Waals surface area (Å²) < 4.78 is 1.43. The molecular formula is C10H3BrCl3IN2. The van der Waals surface area contributed by atoms with Crippen molar-refractivity contribution in [2.45, 2.75) is 0 Å². The molecule has 0 N–H and O–H groups in total. The number of hydrogen-bond acceptors (Lipinski definition) is 2. The zero-order valence-electron chi connectivity index (χ0n) is 8.02. The van der Waals surface area contributed by atoms with Crippen LogP contribution in [0.5, 0.6) is 0 Å². The molecule has 0 spiro atoms. The number of halogens is 5. The fourth-order valence-electron chi connectivity index (χ4n) is 1.19. The Kier molecular flexibility index (Phi) is 4.52. The van der Waals surface area contributed by atoms with E-state index in [1.54, 1.807) is 18.2 Å². The number of nitrogens with zero attached hydrogens (tertiary/aromatic N) is 2. The average molecular weight is 464 g/mol. The SMILES string of the molecule is Clc1ccc(-c2nc(Cl)c(I)c(Cl)n2)c(Br)c1. The molecule has 1 heterocycles. The zero-order chi connectivity index (χ0) is 12.6. The van der Waals surface area contributed by atoms with Gasteiger partial charge in [0.05, 0.1) is 3.57 Å². The molecule has 0 aliphatic rings. The summed E-state index contributed by atoms with van der Waals surface area (Å²) in [4.78, 5) is 8.37. The van der Waals surface area contributed by atoms with E-state index in [9.17, 15) is 0 Å². The molecule has 1 aromatic heterocycles. The van der Waals surface area contributed by atoms with Gasteiger partial charge in [0.2, 0.25) is 0 Å².